The van der Waals surface area contributed by atoms with Gasteiger partial charge in [0.2, 0.25) is 0 Å². The van der Waals surface area contributed by atoms with Crippen molar-refractivity contribution in [3.8, 4) is 0 Å². The van der Waals surface area contributed by atoms with Crippen molar-refractivity contribution in [2.45, 2.75) is 72.1 Å². The lowest BCUT2D eigenvalue weighted by Crippen LogP contribution is -2.35. The SMILES string of the molecule is CCNCC1CCC(C(C)C)CC1CC1CCCC1. The lowest BCUT2D eigenvalue weighted by atomic mass is 9.68. The van der Waals surface area contributed by atoms with Crippen LogP contribution in [0.15, 0.2) is 0 Å². The third-order valence-corrected chi connectivity index (χ3v) is 5.89. The Labute approximate surface area is 120 Å². The summed E-state index contributed by atoms with van der Waals surface area (Å²) in [5.74, 6) is 4.95. The summed E-state index contributed by atoms with van der Waals surface area (Å²) in [6, 6.07) is 0. The fourth-order valence-corrected chi connectivity index (χ4v) is 4.53. The molecule has 112 valence electrons. The van der Waals surface area contributed by atoms with E-state index in [9.17, 15) is 0 Å². The molecule has 2 fully saturated rings. The Morgan fingerprint density at radius 3 is 2.37 bits per heavy atom. The van der Waals surface area contributed by atoms with Gasteiger partial charge in [-0.05, 0) is 68.4 Å². The molecule has 0 radical (unpaired) electrons. The Balaban J connectivity index is 1.89. The first-order chi connectivity index (χ1) is 9.20. The maximum atomic E-state index is 3.62. The van der Waals surface area contributed by atoms with Crippen LogP contribution in [0.5, 0.6) is 0 Å². The van der Waals surface area contributed by atoms with E-state index >= 15 is 0 Å². The summed E-state index contributed by atoms with van der Waals surface area (Å²) in [6.07, 6.45) is 12.1. The number of nitrogens with one attached hydrogen (secondary N) is 1. The predicted molar refractivity (Wildman–Crippen MR) is 84.3 cm³/mol. The lowest BCUT2D eigenvalue weighted by molar-refractivity contribution is 0.124. The lowest BCUT2D eigenvalue weighted by Gasteiger charge is -2.39. The minimum atomic E-state index is 0.895. The fourth-order valence-electron chi connectivity index (χ4n) is 4.53. The van der Waals surface area contributed by atoms with E-state index in [4.69, 9.17) is 0 Å². The van der Waals surface area contributed by atoms with Gasteiger partial charge in [0.1, 0.15) is 0 Å². The third kappa shape index (κ3) is 4.48. The summed E-state index contributed by atoms with van der Waals surface area (Å²) in [5, 5.41) is 3.62. The summed E-state index contributed by atoms with van der Waals surface area (Å²) in [5.41, 5.74) is 0. The molecule has 2 aliphatic carbocycles. The number of hydrogen-bond acceptors (Lipinski definition) is 1. The first-order valence-electron chi connectivity index (χ1n) is 8.91. The van der Waals surface area contributed by atoms with Crippen molar-refractivity contribution in [3.05, 3.63) is 0 Å². The van der Waals surface area contributed by atoms with Crippen LogP contribution in [0.25, 0.3) is 0 Å². The van der Waals surface area contributed by atoms with E-state index in [0.29, 0.717) is 0 Å². The Morgan fingerprint density at radius 1 is 1.00 bits per heavy atom. The van der Waals surface area contributed by atoms with Crippen molar-refractivity contribution in [2.24, 2.45) is 29.6 Å². The minimum absolute atomic E-state index is 0.895. The van der Waals surface area contributed by atoms with Crippen LogP contribution in [0.2, 0.25) is 0 Å². The molecule has 0 spiro atoms. The van der Waals surface area contributed by atoms with Crippen molar-refractivity contribution in [3.63, 3.8) is 0 Å². The first-order valence-corrected chi connectivity index (χ1v) is 8.91. The largest absolute Gasteiger partial charge is 0.317 e. The van der Waals surface area contributed by atoms with Crippen molar-refractivity contribution >= 4 is 0 Å². The molecule has 1 nitrogen and oxygen atoms in total. The molecule has 0 bridgehead atoms. The molecule has 3 unspecified atom stereocenters. The Hall–Kier alpha value is -0.0400. The molecule has 0 aromatic carbocycles. The van der Waals surface area contributed by atoms with E-state index in [1.54, 1.807) is 6.42 Å². The van der Waals surface area contributed by atoms with Gasteiger partial charge in [-0.15, -0.1) is 0 Å². The molecule has 1 heteroatoms. The maximum Gasteiger partial charge on any atom is -0.00180 e. The standard InChI is InChI=1S/C18H35N/c1-4-19-13-17-10-9-16(14(2)3)12-18(17)11-15-7-5-6-8-15/h14-19H,4-13H2,1-3H3. The molecular weight excluding hydrogens is 230 g/mol. The second-order valence-corrected chi connectivity index (χ2v) is 7.53. The van der Waals surface area contributed by atoms with Gasteiger partial charge in [0, 0.05) is 0 Å². The fraction of sp³-hybridized carbons (Fsp3) is 1.00. The summed E-state index contributed by atoms with van der Waals surface area (Å²) in [6.45, 7) is 9.52. The normalized spacial score (nSPS) is 33.2. The molecule has 2 aliphatic rings. The second kappa shape index (κ2) is 7.67. The molecule has 0 aromatic heterocycles. The van der Waals surface area contributed by atoms with Crippen LogP contribution in [0.4, 0.5) is 0 Å². The van der Waals surface area contributed by atoms with Crippen LogP contribution in [0.1, 0.15) is 72.1 Å². The molecule has 0 amide bonds. The van der Waals surface area contributed by atoms with Crippen molar-refractivity contribution < 1.29 is 0 Å². The molecule has 0 aromatic rings. The highest BCUT2D eigenvalue weighted by Crippen LogP contribution is 2.42. The van der Waals surface area contributed by atoms with Gasteiger partial charge in [0.25, 0.3) is 0 Å². The average molecular weight is 265 g/mol. The van der Waals surface area contributed by atoms with E-state index < -0.39 is 0 Å². The number of hydrogen-bond donors (Lipinski definition) is 1. The Bertz CT molecular complexity index is 240. The molecule has 19 heavy (non-hydrogen) atoms. The van der Waals surface area contributed by atoms with E-state index in [1.165, 1.54) is 51.5 Å². The topological polar surface area (TPSA) is 12.0 Å². The molecule has 3 atom stereocenters. The first kappa shape index (κ1) is 15.4. The van der Waals surface area contributed by atoms with Gasteiger partial charge < -0.3 is 5.32 Å². The van der Waals surface area contributed by atoms with Gasteiger partial charge in [0.05, 0.1) is 0 Å². The highest BCUT2D eigenvalue weighted by atomic mass is 14.8. The van der Waals surface area contributed by atoms with Crippen LogP contribution in [0, 0.1) is 29.6 Å². The molecule has 0 saturated heterocycles. The molecule has 2 saturated carbocycles. The molecule has 2 rings (SSSR count). The number of rotatable bonds is 6. The monoisotopic (exact) mass is 265 g/mol. The highest BCUT2D eigenvalue weighted by molar-refractivity contribution is 4.85. The summed E-state index contributed by atoms with van der Waals surface area (Å²) in [4.78, 5) is 0. The van der Waals surface area contributed by atoms with Crippen LogP contribution >= 0.6 is 0 Å². The maximum absolute atomic E-state index is 3.62. The minimum Gasteiger partial charge on any atom is -0.317 e. The molecule has 1 N–H and O–H groups in total. The van der Waals surface area contributed by atoms with Crippen LogP contribution in [-0.2, 0) is 0 Å². The van der Waals surface area contributed by atoms with Gasteiger partial charge in [0.15, 0.2) is 0 Å². The van der Waals surface area contributed by atoms with Crippen LogP contribution in [0.3, 0.4) is 0 Å². The smallest absolute Gasteiger partial charge is 0.00180 e. The van der Waals surface area contributed by atoms with Gasteiger partial charge in [-0.3, -0.25) is 0 Å². The van der Waals surface area contributed by atoms with E-state index in [0.717, 1.165) is 36.1 Å². The van der Waals surface area contributed by atoms with Gasteiger partial charge >= 0.3 is 0 Å². The zero-order valence-corrected chi connectivity index (χ0v) is 13.5. The highest BCUT2D eigenvalue weighted by Gasteiger charge is 2.33. The Morgan fingerprint density at radius 2 is 1.74 bits per heavy atom. The molecule has 0 aliphatic heterocycles. The summed E-state index contributed by atoms with van der Waals surface area (Å²) in [7, 11) is 0. The van der Waals surface area contributed by atoms with Crippen molar-refractivity contribution in [1.29, 1.82) is 0 Å². The van der Waals surface area contributed by atoms with Gasteiger partial charge in [-0.2, -0.15) is 0 Å². The average Bonchev–Trinajstić information content (AvgIpc) is 2.90. The zero-order valence-electron chi connectivity index (χ0n) is 13.5. The predicted octanol–water partition coefficient (Wildman–Crippen LogP) is 4.86. The van der Waals surface area contributed by atoms with Gasteiger partial charge in [-0.1, -0.05) is 46.5 Å². The second-order valence-electron chi connectivity index (χ2n) is 7.53. The molecule has 0 heterocycles. The van der Waals surface area contributed by atoms with Crippen LogP contribution < -0.4 is 5.32 Å². The quantitative estimate of drug-likeness (QED) is 0.723. The van der Waals surface area contributed by atoms with Crippen molar-refractivity contribution in [2.75, 3.05) is 13.1 Å². The van der Waals surface area contributed by atoms with E-state index in [2.05, 4.69) is 26.1 Å². The summed E-state index contributed by atoms with van der Waals surface area (Å²) < 4.78 is 0. The van der Waals surface area contributed by atoms with E-state index in [1.807, 2.05) is 0 Å². The summed E-state index contributed by atoms with van der Waals surface area (Å²) >= 11 is 0. The van der Waals surface area contributed by atoms with Crippen LogP contribution in [-0.4, -0.2) is 13.1 Å². The zero-order chi connectivity index (χ0) is 13.7. The third-order valence-electron chi connectivity index (χ3n) is 5.89. The van der Waals surface area contributed by atoms with E-state index in [-0.39, 0.29) is 0 Å². The van der Waals surface area contributed by atoms with Crippen molar-refractivity contribution in [1.82, 2.24) is 5.32 Å². The Kier molecular flexibility index (Phi) is 6.19. The molecular formula is C18H35N. The van der Waals surface area contributed by atoms with Gasteiger partial charge in [-0.25, -0.2) is 0 Å².